The van der Waals surface area contributed by atoms with Crippen molar-refractivity contribution in [1.82, 2.24) is 9.97 Å². The minimum absolute atomic E-state index is 0.250. The zero-order valence-electron chi connectivity index (χ0n) is 12.3. The maximum atomic E-state index is 9.36. The summed E-state index contributed by atoms with van der Waals surface area (Å²) in [5.41, 5.74) is 3.08. The van der Waals surface area contributed by atoms with E-state index in [1.165, 1.54) is 5.56 Å². The number of aromatic nitrogens is 2. The zero-order valence-corrected chi connectivity index (χ0v) is 12.3. The van der Waals surface area contributed by atoms with Crippen LogP contribution in [-0.4, -0.2) is 21.6 Å². The topological polar surface area (TPSA) is 58.0 Å². The number of phenolic OH excluding ortho intramolecular Hbond substituents is 1. The molecule has 0 atom stereocenters. The molecule has 1 heterocycles. The molecule has 1 aromatic carbocycles. The van der Waals surface area contributed by atoms with Gasteiger partial charge in [0, 0.05) is 23.4 Å². The summed E-state index contributed by atoms with van der Waals surface area (Å²) in [6, 6.07) is 6.97. The smallest absolute Gasteiger partial charge is 0.161 e. The molecule has 2 rings (SSSR count). The van der Waals surface area contributed by atoms with Gasteiger partial charge in [0.1, 0.15) is 11.6 Å². The lowest BCUT2D eigenvalue weighted by molar-refractivity contribution is 0.475. The first kappa shape index (κ1) is 14.3. The van der Waals surface area contributed by atoms with Gasteiger partial charge in [-0.3, -0.25) is 0 Å². The molecule has 4 nitrogen and oxygen atoms in total. The van der Waals surface area contributed by atoms with Gasteiger partial charge < -0.3 is 10.4 Å². The van der Waals surface area contributed by atoms with Gasteiger partial charge in [-0.25, -0.2) is 9.97 Å². The van der Waals surface area contributed by atoms with Gasteiger partial charge in [0.15, 0.2) is 5.82 Å². The molecule has 0 fully saturated rings. The highest BCUT2D eigenvalue weighted by molar-refractivity contribution is 5.60. The van der Waals surface area contributed by atoms with Gasteiger partial charge in [-0.05, 0) is 44.0 Å². The predicted octanol–water partition coefficient (Wildman–Crippen LogP) is 3.54. The fourth-order valence-electron chi connectivity index (χ4n) is 2.15. The van der Waals surface area contributed by atoms with E-state index < -0.39 is 0 Å². The van der Waals surface area contributed by atoms with Crippen LogP contribution in [0.3, 0.4) is 0 Å². The first-order valence-corrected chi connectivity index (χ1v) is 7.06. The summed E-state index contributed by atoms with van der Waals surface area (Å²) in [4.78, 5) is 9.22. The number of hydrogen-bond donors (Lipinski definition) is 2. The normalized spacial score (nSPS) is 10.6. The SMILES string of the molecule is CCCNc1nc(-c2ccc(O)cc2)nc(C)c1CC. The number of aryl methyl sites for hydroxylation is 1. The van der Waals surface area contributed by atoms with E-state index in [2.05, 4.69) is 29.1 Å². The number of aromatic hydroxyl groups is 1. The molecule has 0 aliphatic rings. The van der Waals surface area contributed by atoms with Crippen LogP contribution in [0.25, 0.3) is 11.4 Å². The second-order valence-electron chi connectivity index (χ2n) is 4.79. The standard InChI is InChI=1S/C16H21N3O/c1-4-10-17-16-14(5-2)11(3)18-15(19-16)12-6-8-13(20)9-7-12/h6-9,20H,4-5,10H2,1-3H3,(H,17,18,19). The molecule has 0 saturated carbocycles. The van der Waals surface area contributed by atoms with Crippen LogP contribution in [-0.2, 0) is 6.42 Å². The highest BCUT2D eigenvalue weighted by Crippen LogP contribution is 2.24. The number of benzene rings is 1. The number of anilines is 1. The predicted molar refractivity (Wildman–Crippen MR) is 82.0 cm³/mol. The van der Waals surface area contributed by atoms with Crippen LogP contribution in [0.1, 0.15) is 31.5 Å². The van der Waals surface area contributed by atoms with E-state index in [1.807, 2.05) is 19.1 Å². The number of nitrogens with zero attached hydrogens (tertiary/aromatic N) is 2. The average molecular weight is 271 g/mol. The van der Waals surface area contributed by atoms with Gasteiger partial charge >= 0.3 is 0 Å². The van der Waals surface area contributed by atoms with Crippen molar-refractivity contribution in [2.45, 2.75) is 33.6 Å². The van der Waals surface area contributed by atoms with E-state index in [0.29, 0.717) is 5.82 Å². The Labute approximate surface area is 119 Å². The van der Waals surface area contributed by atoms with Crippen molar-refractivity contribution in [1.29, 1.82) is 0 Å². The molecule has 2 N–H and O–H groups in total. The molecule has 106 valence electrons. The van der Waals surface area contributed by atoms with Crippen molar-refractivity contribution in [2.75, 3.05) is 11.9 Å². The quantitative estimate of drug-likeness (QED) is 0.873. The Morgan fingerprint density at radius 3 is 2.40 bits per heavy atom. The Bertz CT molecular complexity index is 579. The summed E-state index contributed by atoms with van der Waals surface area (Å²) in [7, 11) is 0. The van der Waals surface area contributed by atoms with Crippen LogP contribution in [0, 0.1) is 6.92 Å². The lowest BCUT2D eigenvalue weighted by atomic mass is 10.1. The Morgan fingerprint density at radius 2 is 1.80 bits per heavy atom. The van der Waals surface area contributed by atoms with Crippen LogP contribution >= 0.6 is 0 Å². The molecule has 0 aliphatic carbocycles. The summed E-state index contributed by atoms with van der Waals surface area (Å²) < 4.78 is 0. The number of rotatable bonds is 5. The molecule has 0 radical (unpaired) electrons. The molecule has 20 heavy (non-hydrogen) atoms. The monoisotopic (exact) mass is 271 g/mol. The first-order valence-electron chi connectivity index (χ1n) is 7.06. The fourth-order valence-corrected chi connectivity index (χ4v) is 2.15. The van der Waals surface area contributed by atoms with Crippen LogP contribution in [0.5, 0.6) is 5.75 Å². The Balaban J connectivity index is 2.44. The summed E-state index contributed by atoms with van der Waals surface area (Å²) in [5, 5.41) is 12.7. The van der Waals surface area contributed by atoms with Gasteiger partial charge in [-0.1, -0.05) is 13.8 Å². The van der Waals surface area contributed by atoms with Gasteiger partial charge in [-0.2, -0.15) is 0 Å². The van der Waals surface area contributed by atoms with Crippen LogP contribution in [0.15, 0.2) is 24.3 Å². The fraction of sp³-hybridized carbons (Fsp3) is 0.375. The van der Waals surface area contributed by atoms with Gasteiger partial charge in [0.2, 0.25) is 0 Å². The number of nitrogens with one attached hydrogen (secondary N) is 1. The van der Waals surface area contributed by atoms with Crippen molar-refractivity contribution in [3.05, 3.63) is 35.5 Å². The second kappa shape index (κ2) is 6.37. The lowest BCUT2D eigenvalue weighted by Gasteiger charge is -2.13. The van der Waals surface area contributed by atoms with Gasteiger partial charge in [0.25, 0.3) is 0 Å². The Morgan fingerprint density at radius 1 is 1.10 bits per heavy atom. The molecule has 2 aromatic rings. The maximum Gasteiger partial charge on any atom is 0.161 e. The molecule has 4 heteroatoms. The van der Waals surface area contributed by atoms with Gasteiger partial charge in [-0.15, -0.1) is 0 Å². The zero-order chi connectivity index (χ0) is 14.5. The van der Waals surface area contributed by atoms with Crippen LogP contribution in [0.4, 0.5) is 5.82 Å². The van der Waals surface area contributed by atoms with Crippen molar-refractivity contribution in [3.63, 3.8) is 0 Å². The Kier molecular flexibility index (Phi) is 4.56. The molecule has 0 aliphatic heterocycles. The number of hydrogen-bond acceptors (Lipinski definition) is 4. The highest BCUT2D eigenvalue weighted by Gasteiger charge is 2.11. The largest absolute Gasteiger partial charge is 0.508 e. The minimum Gasteiger partial charge on any atom is -0.508 e. The van der Waals surface area contributed by atoms with Crippen molar-refractivity contribution < 1.29 is 5.11 Å². The molecule has 0 saturated heterocycles. The average Bonchev–Trinajstić information content (AvgIpc) is 2.45. The maximum absolute atomic E-state index is 9.36. The van der Waals surface area contributed by atoms with Crippen molar-refractivity contribution in [3.8, 4) is 17.1 Å². The number of phenols is 1. The van der Waals surface area contributed by atoms with E-state index in [4.69, 9.17) is 0 Å². The molecule has 0 bridgehead atoms. The van der Waals surface area contributed by atoms with Crippen LogP contribution < -0.4 is 5.32 Å². The molecule has 0 unspecified atom stereocenters. The minimum atomic E-state index is 0.250. The third-order valence-electron chi connectivity index (χ3n) is 3.24. The van der Waals surface area contributed by atoms with Gasteiger partial charge in [0.05, 0.1) is 0 Å². The third-order valence-corrected chi connectivity index (χ3v) is 3.24. The highest BCUT2D eigenvalue weighted by atomic mass is 16.3. The first-order chi connectivity index (χ1) is 9.65. The molecular formula is C16H21N3O. The van der Waals surface area contributed by atoms with E-state index in [9.17, 15) is 5.11 Å². The third kappa shape index (κ3) is 3.07. The van der Waals surface area contributed by atoms with Crippen molar-refractivity contribution >= 4 is 5.82 Å². The summed E-state index contributed by atoms with van der Waals surface area (Å²) in [6.07, 6.45) is 1.97. The molecule has 1 aromatic heterocycles. The lowest BCUT2D eigenvalue weighted by Crippen LogP contribution is -2.09. The summed E-state index contributed by atoms with van der Waals surface area (Å²) in [5.74, 6) is 1.86. The summed E-state index contributed by atoms with van der Waals surface area (Å²) >= 11 is 0. The van der Waals surface area contributed by atoms with E-state index in [0.717, 1.165) is 36.5 Å². The molecular weight excluding hydrogens is 250 g/mol. The molecule has 0 spiro atoms. The molecule has 0 amide bonds. The van der Waals surface area contributed by atoms with E-state index in [1.54, 1.807) is 12.1 Å². The second-order valence-corrected chi connectivity index (χ2v) is 4.79. The van der Waals surface area contributed by atoms with Crippen molar-refractivity contribution in [2.24, 2.45) is 0 Å². The van der Waals surface area contributed by atoms with Crippen LogP contribution in [0.2, 0.25) is 0 Å². The van der Waals surface area contributed by atoms with E-state index in [-0.39, 0.29) is 5.75 Å². The Hall–Kier alpha value is -2.10. The summed E-state index contributed by atoms with van der Waals surface area (Å²) in [6.45, 7) is 7.16. The van der Waals surface area contributed by atoms with E-state index >= 15 is 0 Å².